The van der Waals surface area contributed by atoms with Crippen LogP contribution in [-0.2, 0) is 16.1 Å². The van der Waals surface area contributed by atoms with E-state index >= 15 is 0 Å². The molecular weight excluding hydrogens is 412 g/mol. The van der Waals surface area contributed by atoms with Gasteiger partial charge in [0.05, 0.1) is 0 Å². The summed E-state index contributed by atoms with van der Waals surface area (Å²) in [6.45, 7) is 5.52. The van der Waals surface area contributed by atoms with E-state index in [-0.39, 0.29) is 29.8 Å². The first-order valence-electron chi connectivity index (χ1n) is 10.8. The van der Waals surface area contributed by atoms with Gasteiger partial charge in [-0.15, -0.1) is 0 Å². The Hall–Kier alpha value is -2.53. The second kappa shape index (κ2) is 10.7. The van der Waals surface area contributed by atoms with Crippen LogP contribution in [0, 0.1) is 11.8 Å². The molecule has 2 atom stereocenters. The summed E-state index contributed by atoms with van der Waals surface area (Å²) in [5, 5.41) is 0.611. The van der Waals surface area contributed by atoms with Crippen molar-refractivity contribution in [3.05, 3.63) is 65.2 Å². The second-order valence-electron chi connectivity index (χ2n) is 8.54. The van der Waals surface area contributed by atoms with Crippen molar-refractivity contribution >= 4 is 23.4 Å². The monoisotopic (exact) mass is 442 g/mol. The molecule has 3 rings (SSSR count). The second-order valence-corrected chi connectivity index (χ2v) is 8.98. The predicted octanol–water partition coefficient (Wildman–Crippen LogP) is 4.64. The van der Waals surface area contributed by atoms with E-state index in [0.29, 0.717) is 43.2 Å². The number of hydrogen-bond acceptors (Lipinski definition) is 3. The number of piperidine rings is 1. The van der Waals surface area contributed by atoms with Crippen LogP contribution in [0.4, 0.5) is 0 Å². The van der Waals surface area contributed by atoms with Crippen molar-refractivity contribution in [3.63, 3.8) is 0 Å². The maximum absolute atomic E-state index is 13.0. The molecule has 2 aromatic carbocycles. The van der Waals surface area contributed by atoms with E-state index < -0.39 is 0 Å². The smallest absolute Gasteiger partial charge is 0.225 e. The van der Waals surface area contributed by atoms with E-state index in [1.165, 1.54) is 0 Å². The largest absolute Gasteiger partial charge is 0.490 e. The summed E-state index contributed by atoms with van der Waals surface area (Å²) in [4.78, 5) is 29.2. The van der Waals surface area contributed by atoms with Gasteiger partial charge in [-0.05, 0) is 23.8 Å². The average Bonchev–Trinajstić information content (AvgIpc) is 2.75. The lowest BCUT2D eigenvalue weighted by molar-refractivity contribution is -0.141. The lowest BCUT2D eigenvalue weighted by Gasteiger charge is -2.39. The zero-order valence-electron chi connectivity index (χ0n) is 18.5. The molecule has 1 saturated heterocycles. The highest BCUT2D eigenvalue weighted by Gasteiger charge is 2.35. The van der Waals surface area contributed by atoms with Gasteiger partial charge in [-0.2, -0.15) is 0 Å². The zero-order chi connectivity index (χ0) is 22.4. The summed E-state index contributed by atoms with van der Waals surface area (Å²) in [5.41, 5.74) is 1.09. The first kappa shape index (κ1) is 23.1. The molecule has 166 valence electrons. The van der Waals surface area contributed by atoms with Crippen LogP contribution in [-0.4, -0.2) is 47.9 Å². The van der Waals surface area contributed by atoms with Crippen LogP contribution >= 0.6 is 11.6 Å². The molecule has 5 nitrogen and oxygen atoms in total. The molecular formula is C25H31ClN2O3. The summed E-state index contributed by atoms with van der Waals surface area (Å²) in [6, 6.07) is 17.2. The molecule has 0 spiro atoms. The van der Waals surface area contributed by atoms with Crippen molar-refractivity contribution < 1.29 is 14.3 Å². The number of nitrogens with zero attached hydrogens (tertiary/aromatic N) is 2. The summed E-state index contributed by atoms with van der Waals surface area (Å²) < 4.78 is 6.24. The third-order valence-corrected chi connectivity index (χ3v) is 5.91. The molecule has 1 aliphatic rings. The Morgan fingerprint density at radius 2 is 1.90 bits per heavy atom. The standard InChI is InChI=1S/C25H31ClN2O3/c1-18(2)25(30)28-13-12-23(31-22-11-7-10-21(26)15-22)20(17-28)14-24(29)27(3)16-19-8-5-4-6-9-19/h4-11,15,18,20,23H,12-14,16-17H2,1-3H3/t20-,23-/m0/s1. The zero-order valence-corrected chi connectivity index (χ0v) is 19.2. The van der Waals surface area contributed by atoms with Gasteiger partial charge in [0.15, 0.2) is 0 Å². The number of ether oxygens (including phenoxy) is 1. The Morgan fingerprint density at radius 1 is 1.16 bits per heavy atom. The highest BCUT2D eigenvalue weighted by atomic mass is 35.5. The Kier molecular flexibility index (Phi) is 7.97. The molecule has 31 heavy (non-hydrogen) atoms. The number of amides is 2. The van der Waals surface area contributed by atoms with Gasteiger partial charge in [0.25, 0.3) is 0 Å². The molecule has 1 aliphatic heterocycles. The van der Waals surface area contributed by atoms with E-state index in [4.69, 9.17) is 16.3 Å². The first-order chi connectivity index (χ1) is 14.8. The molecule has 2 amide bonds. The Bertz CT molecular complexity index is 887. The molecule has 0 saturated carbocycles. The lowest BCUT2D eigenvalue weighted by atomic mass is 9.90. The topological polar surface area (TPSA) is 49.9 Å². The number of carbonyl (C=O) groups is 2. The highest BCUT2D eigenvalue weighted by molar-refractivity contribution is 6.30. The number of benzene rings is 2. The fraction of sp³-hybridized carbons (Fsp3) is 0.440. The molecule has 0 aliphatic carbocycles. The van der Waals surface area contributed by atoms with Crippen LogP contribution < -0.4 is 4.74 Å². The van der Waals surface area contributed by atoms with Crippen LogP contribution in [0.15, 0.2) is 54.6 Å². The number of carbonyl (C=O) groups excluding carboxylic acids is 2. The van der Waals surface area contributed by atoms with Gasteiger partial charge >= 0.3 is 0 Å². The lowest BCUT2D eigenvalue weighted by Crippen LogP contribution is -2.50. The van der Waals surface area contributed by atoms with Crippen LogP contribution in [0.3, 0.4) is 0 Å². The van der Waals surface area contributed by atoms with E-state index in [9.17, 15) is 9.59 Å². The molecule has 0 aromatic heterocycles. The number of likely N-dealkylation sites (tertiary alicyclic amines) is 1. The van der Waals surface area contributed by atoms with Crippen molar-refractivity contribution in [2.45, 2.75) is 39.3 Å². The summed E-state index contributed by atoms with van der Waals surface area (Å²) in [7, 11) is 1.82. The van der Waals surface area contributed by atoms with Crippen LogP contribution in [0.5, 0.6) is 5.75 Å². The molecule has 1 heterocycles. The SMILES string of the molecule is CC(C)C(=O)N1CC[C@H](Oc2cccc(Cl)c2)[C@@H](CC(=O)N(C)Cc2ccccc2)C1. The summed E-state index contributed by atoms with van der Waals surface area (Å²) in [6.07, 6.45) is 0.866. The minimum atomic E-state index is -0.149. The fourth-order valence-electron chi connectivity index (χ4n) is 3.97. The predicted molar refractivity (Wildman–Crippen MR) is 123 cm³/mol. The van der Waals surface area contributed by atoms with Crippen molar-refractivity contribution in [1.29, 1.82) is 0 Å². The molecule has 2 aromatic rings. The molecule has 6 heteroatoms. The summed E-state index contributed by atoms with van der Waals surface area (Å²) in [5.74, 6) is 0.712. The third-order valence-electron chi connectivity index (χ3n) is 5.68. The minimum absolute atomic E-state index is 0.0485. The Balaban J connectivity index is 1.71. The maximum Gasteiger partial charge on any atom is 0.225 e. The normalized spacial score (nSPS) is 18.7. The number of rotatable bonds is 7. The van der Waals surface area contributed by atoms with Gasteiger partial charge in [0, 0.05) is 56.4 Å². The van der Waals surface area contributed by atoms with Crippen molar-refractivity contribution in [2.24, 2.45) is 11.8 Å². The number of halogens is 1. The van der Waals surface area contributed by atoms with Gasteiger partial charge in [-0.3, -0.25) is 9.59 Å². The van der Waals surface area contributed by atoms with Crippen LogP contribution in [0.25, 0.3) is 0 Å². The van der Waals surface area contributed by atoms with E-state index in [0.717, 1.165) is 5.56 Å². The molecule has 0 unspecified atom stereocenters. The van der Waals surface area contributed by atoms with Gasteiger partial charge in [-0.25, -0.2) is 0 Å². The Morgan fingerprint density at radius 3 is 2.58 bits per heavy atom. The molecule has 0 bridgehead atoms. The quantitative estimate of drug-likeness (QED) is 0.627. The van der Waals surface area contributed by atoms with Gasteiger partial charge in [0.2, 0.25) is 11.8 Å². The van der Waals surface area contributed by atoms with Crippen LogP contribution in [0.2, 0.25) is 5.02 Å². The van der Waals surface area contributed by atoms with Gasteiger partial charge < -0.3 is 14.5 Å². The minimum Gasteiger partial charge on any atom is -0.490 e. The van der Waals surface area contributed by atoms with E-state index in [2.05, 4.69) is 0 Å². The highest BCUT2D eigenvalue weighted by Crippen LogP contribution is 2.28. The van der Waals surface area contributed by atoms with E-state index in [1.807, 2.05) is 68.3 Å². The molecule has 0 N–H and O–H groups in total. The first-order valence-corrected chi connectivity index (χ1v) is 11.2. The molecule has 1 fully saturated rings. The van der Waals surface area contributed by atoms with Gasteiger partial charge in [-0.1, -0.05) is 61.8 Å². The Labute approximate surface area is 189 Å². The van der Waals surface area contributed by atoms with Crippen molar-refractivity contribution in [3.8, 4) is 5.75 Å². The number of hydrogen-bond donors (Lipinski definition) is 0. The van der Waals surface area contributed by atoms with Gasteiger partial charge in [0.1, 0.15) is 11.9 Å². The molecule has 0 radical (unpaired) electrons. The van der Waals surface area contributed by atoms with Crippen molar-refractivity contribution in [2.75, 3.05) is 20.1 Å². The third kappa shape index (κ3) is 6.47. The van der Waals surface area contributed by atoms with E-state index in [1.54, 1.807) is 17.0 Å². The summed E-state index contributed by atoms with van der Waals surface area (Å²) >= 11 is 6.11. The van der Waals surface area contributed by atoms with Crippen LogP contribution in [0.1, 0.15) is 32.3 Å². The fourth-order valence-corrected chi connectivity index (χ4v) is 4.15. The maximum atomic E-state index is 13.0. The average molecular weight is 443 g/mol. The van der Waals surface area contributed by atoms with Crippen molar-refractivity contribution in [1.82, 2.24) is 9.80 Å².